The van der Waals surface area contributed by atoms with Gasteiger partial charge in [-0.2, -0.15) is 0 Å². The van der Waals surface area contributed by atoms with E-state index in [-0.39, 0.29) is 11.3 Å². The summed E-state index contributed by atoms with van der Waals surface area (Å²) in [5.74, 6) is -1.61. The molecule has 1 fully saturated rings. The van der Waals surface area contributed by atoms with Gasteiger partial charge < -0.3 is 10.0 Å². The molecule has 3 aromatic carbocycles. The Hall–Kier alpha value is -4.13. The van der Waals surface area contributed by atoms with Gasteiger partial charge in [-0.1, -0.05) is 36.4 Å². The summed E-state index contributed by atoms with van der Waals surface area (Å²) in [5.41, 5.74) is 1.29. The third kappa shape index (κ3) is 3.69. The maximum atomic E-state index is 13.3. The fraction of sp³-hybridized carbons (Fsp3) is 0.160. The third-order valence-electron chi connectivity index (χ3n) is 5.55. The molecule has 2 N–H and O–H groups in total. The Kier molecular flexibility index (Phi) is 5.64. The van der Waals surface area contributed by atoms with Crippen molar-refractivity contribution in [1.29, 1.82) is 0 Å². The Morgan fingerprint density at radius 2 is 1.69 bits per heavy atom. The number of benzene rings is 3. The van der Waals surface area contributed by atoms with E-state index in [4.69, 9.17) is 0 Å². The van der Waals surface area contributed by atoms with Gasteiger partial charge in [-0.3, -0.25) is 14.9 Å². The number of fused-ring (bicyclic) bond motifs is 1. The van der Waals surface area contributed by atoms with Crippen LogP contribution in [0.3, 0.4) is 0 Å². The number of carbonyl (C=O) groups is 3. The van der Waals surface area contributed by atoms with Gasteiger partial charge >= 0.3 is 6.03 Å². The number of anilines is 2. The lowest BCUT2D eigenvalue weighted by Gasteiger charge is -2.27. The molecule has 0 radical (unpaired) electrons. The highest BCUT2D eigenvalue weighted by Crippen LogP contribution is 2.31. The number of imide groups is 2. The third-order valence-corrected chi connectivity index (χ3v) is 5.55. The number of hydrogen-bond donors (Lipinski definition) is 2. The number of nitrogens with one attached hydrogen (secondary N) is 1. The van der Waals surface area contributed by atoms with E-state index in [1.807, 2.05) is 50.2 Å². The molecule has 0 aliphatic carbocycles. The maximum Gasteiger partial charge on any atom is 0.335 e. The molecule has 4 amide bonds. The first-order valence-corrected chi connectivity index (χ1v) is 10.4. The second kappa shape index (κ2) is 8.55. The summed E-state index contributed by atoms with van der Waals surface area (Å²) in [4.78, 5) is 41.4. The average molecular weight is 429 g/mol. The molecular weight excluding hydrogens is 406 g/mol. The second-order valence-electron chi connectivity index (χ2n) is 7.37. The van der Waals surface area contributed by atoms with Crippen molar-refractivity contribution in [2.24, 2.45) is 0 Å². The van der Waals surface area contributed by atoms with Crippen LogP contribution < -0.4 is 15.1 Å². The van der Waals surface area contributed by atoms with Crippen LogP contribution in [-0.2, 0) is 9.59 Å². The van der Waals surface area contributed by atoms with E-state index in [0.29, 0.717) is 16.6 Å². The van der Waals surface area contributed by atoms with Crippen LogP contribution in [0.2, 0.25) is 0 Å². The monoisotopic (exact) mass is 429 g/mol. The molecule has 7 nitrogen and oxygen atoms in total. The molecule has 1 heterocycles. The van der Waals surface area contributed by atoms with Crippen molar-refractivity contribution in [2.75, 3.05) is 22.9 Å². The number of amides is 4. The van der Waals surface area contributed by atoms with Gasteiger partial charge in [0.2, 0.25) is 0 Å². The zero-order chi connectivity index (χ0) is 22.8. The lowest BCUT2D eigenvalue weighted by atomic mass is 10.0. The predicted octanol–water partition coefficient (Wildman–Crippen LogP) is 4.06. The van der Waals surface area contributed by atoms with Crippen molar-refractivity contribution < 1.29 is 19.5 Å². The van der Waals surface area contributed by atoms with Crippen LogP contribution in [0.25, 0.3) is 16.8 Å². The van der Waals surface area contributed by atoms with Crippen LogP contribution >= 0.6 is 0 Å². The zero-order valence-electron chi connectivity index (χ0n) is 17.8. The van der Waals surface area contributed by atoms with Crippen LogP contribution in [-0.4, -0.2) is 36.0 Å². The summed E-state index contributed by atoms with van der Waals surface area (Å²) >= 11 is 0. The van der Waals surface area contributed by atoms with E-state index >= 15 is 0 Å². The van der Waals surface area contributed by atoms with Crippen molar-refractivity contribution in [3.05, 3.63) is 71.8 Å². The topological polar surface area (TPSA) is 90.0 Å². The molecule has 7 heteroatoms. The van der Waals surface area contributed by atoms with Crippen LogP contribution in [0.1, 0.15) is 19.4 Å². The van der Waals surface area contributed by atoms with Crippen molar-refractivity contribution in [1.82, 2.24) is 5.32 Å². The maximum absolute atomic E-state index is 13.3. The van der Waals surface area contributed by atoms with Gasteiger partial charge in [-0.25, -0.2) is 9.69 Å². The lowest BCUT2D eigenvalue weighted by Crippen LogP contribution is -2.54. The van der Waals surface area contributed by atoms with E-state index in [9.17, 15) is 19.5 Å². The highest BCUT2D eigenvalue weighted by Gasteiger charge is 2.37. The number of phenols is 1. The van der Waals surface area contributed by atoms with Gasteiger partial charge in [0.1, 0.15) is 11.3 Å². The van der Waals surface area contributed by atoms with Crippen molar-refractivity contribution in [2.45, 2.75) is 13.8 Å². The molecule has 0 saturated carbocycles. The molecule has 1 aliphatic heterocycles. The standard InChI is InChI=1S/C25H23N3O4/c1-3-27(4-2)18-13-12-17(22(29)15-18)14-20-23(30)26-25(32)28(24(20)31)21-11-7-9-16-8-5-6-10-19(16)21/h5-15,29H,3-4H2,1-2H3,(H,26,30,32). The minimum absolute atomic E-state index is 0.0592. The van der Waals surface area contributed by atoms with Crippen LogP contribution in [0.5, 0.6) is 5.75 Å². The summed E-state index contributed by atoms with van der Waals surface area (Å²) in [6.45, 7) is 5.58. The van der Waals surface area contributed by atoms with Crippen LogP contribution in [0.15, 0.2) is 66.2 Å². The van der Waals surface area contributed by atoms with Crippen LogP contribution in [0, 0.1) is 0 Å². The number of barbiturate groups is 1. The largest absolute Gasteiger partial charge is 0.507 e. The number of urea groups is 1. The van der Waals surface area contributed by atoms with Gasteiger partial charge in [-0.15, -0.1) is 0 Å². The fourth-order valence-electron chi connectivity index (χ4n) is 3.87. The van der Waals surface area contributed by atoms with Gasteiger partial charge in [-0.05, 0) is 43.5 Å². The van der Waals surface area contributed by atoms with E-state index in [1.165, 1.54) is 6.08 Å². The van der Waals surface area contributed by atoms with Gasteiger partial charge in [0.15, 0.2) is 0 Å². The average Bonchev–Trinajstić information content (AvgIpc) is 2.78. The Labute approximate surface area is 185 Å². The molecule has 0 unspecified atom stereocenters. The summed E-state index contributed by atoms with van der Waals surface area (Å²) in [6.07, 6.45) is 1.31. The molecule has 1 saturated heterocycles. The first-order valence-electron chi connectivity index (χ1n) is 10.4. The first kappa shape index (κ1) is 21.1. The van der Waals surface area contributed by atoms with Crippen molar-refractivity contribution in [3.63, 3.8) is 0 Å². The fourth-order valence-corrected chi connectivity index (χ4v) is 3.87. The Bertz CT molecular complexity index is 1260. The lowest BCUT2D eigenvalue weighted by molar-refractivity contribution is -0.122. The summed E-state index contributed by atoms with van der Waals surface area (Å²) in [5, 5.41) is 14.3. The van der Waals surface area contributed by atoms with Gasteiger partial charge in [0.25, 0.3) is 11.8 Å². The highest BCUT2D eigenvalue weighted by atomic mass is 16.3. The second-order valence-corrected chi connectivity index (χ2v) is 7.37. The molecule has 1 aliphatic rings. The van der Waals surface area contributed by atoms with Crippen molar-refractivity contribution in [3.8, 4) is 5.75 Å². The number of carbonyl (C=O) groups excluding carboxylic acids is 3. The quantitative estimate of drug-likeness (QED) is 0.472. The number of rotatable bonds is 5. The number of hydrogen-bond acceptors (Lipinski definition) is 5. The normalized spacial score (nSPS) is 15.4. The Morgan fingerprint density at radius 3 is 2.41 bits per heavy atom. The molecule has 4 rings (SSSR count). The number of aromatic hydroxyl groups is 1. The van der Waals surface area contributed by atoms with Crippen molar-refractivity contribution >= 4 is 46.1 Å². The van der Waals surface area contributed by atoms with E-state index in [1.54, 1.807) is 24.3 Å². The molecule has 162 valence electrons. The Morgan fingerprint density at radius 1 is 0.969 bits per heavy atom. The first-order chi connectivity index (χ1) is 15.4. The van der Waals surface area contributed by atoms with Gasteiger partial charge in [0.05, 0.1) is 5.69 Å². The number of phenolic OH excluding ortho intramolecular Hbond substituents is 1. The molecule has 0 atom stereocenters. The minimum atomic E-state index is -0.811. The molecule has 0 spiro atoms. The van der Waals surface area contributed by atoms with Crippen LogP contribution in [0.4, 0.5) is 16.2 Å². The zero-order valence-corrected chi connectivity index (χ0v) is 17.8. The number of nitrogens with zero attached hydrogens (tertiary/aromatic N) is 2. The Balaban J connectivity index is 1.75. The minimum Gasteiger partial charge on any atom is -0.507 e. The van der Waals surface area contributed by atoms with Gasteiger partial charge in [0, 0.05) is 35.8 Å². The molecule has 3 aromatic rings. The molecule has 0 bridgehead atoms. The summed E-state index contributed by atoms with van der Waals surface area (Å²) in [7, 11) is 0. The summed E-state index contributed by atoms with van der Waals surface area (Å²) < 4.78 is 0. The van der Waals surface area contributed by atoms with E-state index in [2.05, 4.69) is 10.2 Å². The van der Waals surface area contributed by atoms with E-state index < -0.39 is 17.8 Å². The molecular formula is C25H23N3O4. The SMILES string of the molecule is CCN(CC)c1ccc(C=C2C(=O)NC(=O)N(c3cccc4ccccc34)C2=O)c(O)c1. The summed E-state index contributed by atoms with van der Waals surface area (Å²) in [6, 6.07) is 16.9. The predicted molar refractivity (Wildman–Crippen MR) is 125 cm³/mol. The molecule has 32 heavy (non-hydrogen) atoms. The highest BCUT2D eigenvalue weighted by molar-refractivity contribution is 6.40. The smallest absolute Gasteiger partial charge is 0.335 e. The molecule has 0 aromatic heterocycles. The van der Waals surface area contributed by atoms with E-state index in [0.717, 1.165) is 29.1 Å².